The summed E-state index contributed by atoms with van der Waals surface area (Å²) in [5, 5.41) is 4.97. The molecule has 1 N–H and O–H groups in total. The first-order valence-corrected chi connectivity index (χ1v) is 7.64. The molecule has 1 amide bonds. The van der Waals surface area contributed by atoms with Gasteiger partial charge in [0.25, 0.3) is 5.91 Å². The maximum absolute atomic E-state index is 12.3. The molecular weight excluding hydrogens is 280 g/mol. The van der Waals surface area contributed by atoms with Gasteiger partial charge in [-0.2, -0.15) is 0 Å². The number of hydrogen-bond acceptors (Lipinski definition) is 2. The van der Waals surface area contributed by atoms with Gasteiger partial charge in [0.05, 0.1) is 6.54 Å². The molecule has 106 valence electrons. The van der Waals surface area contributed by atoms with Crippen LogP contribution in [0.2, 0.25) is 0 Å². The topological polar surface area (TPSA) is 34.0 Å². The maximum atomic E-state index is 12.3. The van der Waals surface area contributed by atoms with Crippen molar-refractivity contribution in [3.05, 3.63) is 70.7 Å². The van der Waals surface area contributed by atoms with Gasteiger partial charge in [0.1, 0.15) is 5.69 Å². The van der Waals surface area contributed by atoms with Crippen molar-refractivity contribution < 1.29 is 4.79 Å². The fraction of sp³-hybridized carbons (Fsp3) is 0.118. The van der Waals surface area contributed by atoms with Crippen LogP contribution in [0, 0.1) is 0 Å². The number of thiophene rings is 1. The second-order valence-corrected chi connectivity index (χ2v) is 5.89. The Kier molecular flexibility index (Phi) is 3.88. The van der Waals surface area contributed by atoms with E-state index in [0.29, 0.717) is 12.2 Å². The van der Waals surface area contributed by atoms with Gasteiger partial charge in [-0.25, -0.2) is 0 Å². The number of aromatic nitrogens is 1. The van der Waals surface area contributed by atoms with E-state index in [-0.39, 0.29) is 5.91 Å². The fourth-order valence-electron chi connectivity index (χ4n) is 2.25. The summed E-state index contributed by atoms with van der Waals surface area (Å²) in [7, 11) is 1.90. The van der Waals surface area contributed by atoms with Gasteiger partial charge in [0, 0.05) is 23.7 Å². The molecule has 0 saturated heterocycles. The number of rotatable bonds is 4. The van der Waals surface area contributed by atoms with Crippen LogP contribution in [0.3, 0.4) is 0 Å². The molecule has 0 atom stereocenters. The number of benzene rings is 1. The number of nitrogens with one attached hydrogen (secondary N) is 1. The van der Waals surface area contributed by atoms with Crippen LogP contribution in [0.15, 0.2) is 60.1 Å². The summed E-state index contributed by atoms with van der Waals surface area (Å²) < 4.78 is 1.87. The zero-order valence-corrected chi connectivity index (χ0v) is 12.6. The first-order valence-electron chi connectivity index (χ1n) is 6.76. The van der Waals surface area contributed by atoms with Crippen LogP contribution in [0.1, 0.15) is 15.4 Å². The van der Waals surface area contributed by atoms with Crippen LogP contribution in [0.4, 0.5) is 0 Å². The van der Waals surface area contributed by atoms with Crippen LogP contribution >= 0.6 is 11.3 Å². The van der Waals surface area contributed by atoms with Crippen LogP contribution in [-0.2, 0) is 13.6 Å². The van der Waals surface area contributed by atoms with Crippen LogP contribution in [-0.4, -0.2) is 10.5 Å². The standard InChI is InChI=1S/C17H16N2OS/c1-19-12-14(13-6-3-2-4-7-13)10-16(19)17(20)18-11-15-8-5-9-21-15/h2-10,12H,11H2,1H3,(H,18,20). The van der Waals surface area contributed by atoms with Gasteiger partial charge in [-0.15, -0.1) is 11.3 Å². The SMILES string of the molecule is Cn1cc(-c2ccccc2)cc1C(=O)NCc1cccs1. The number of carbonyl (C=O) groups excluding carboxylic acids is 1. The lowest BCUT2D eigenvalue weighted by molar-refractivity contribution is 0.0943. The Hall–Kier alpha value is -2.33. The summed E-state index contributed by atoms with van der Waals surface area (Å²) >= 11 is 1.64. The Morgan fingerprint density at radius 2 is 1.95 bits per heavy atom. The lowest BCUT2D eigenvalue weighted by Gasteiger charge is -2.04. The van der Waals surface area contributed by atoms with E-state index in [2.05, 4.69) is 5.32 Å². The van der Waals surface area contributed by atoms with E-state index in [9.17, 15) is 4.79 Å². The van der Waals surface area contributed by atoms with Gasteiger partial charge in [0.2, 0.25) is 0 Å². The van der Waals surface area contributed by atoms with Crippen molar-refractivity contribution in [1.82, 2.24) is 9.88 Å². The van der Waals surface area contributed by atoms with Gasteiger partial charge in [-0.3, -0.25) is 4.79 Å². The smallest absolute Gasteiger partial charge is 0.268 e. The maximum Gasteiger partial charge on any atom is 0.268 e. The molecule has 0 bridgehead atoms. The monoisotopic (exact) mass is 296 g/mol. The highest BCUT2D eigenvalue weighted by molar-refractivity contribution is 7.09. The molecule has 2 heterocycles. The van der Waals surface area contributed by atoms with E-state index in [1.54, 1.807) is 11.3 Å². The lowest BCUT2D eigenvalue weighted by Crippen LogP contribution is -2.24. The van der Waals surface area contributed by atoms with Crippen LogP contribution in [0.5, 0.6) is 0 Å². The summed E-state index contributed by atoms with van der Waals surface area (Å²) in [5.41, 5.74) is 2.84. The van der Waals surface area contributed by atoms with Crippen molar-refractivity contribution >= 4 is 17.2 Å². The number of hydrogen-bond donors (Lipinski definition) is 1. The highest BCUT2D eigenvalue weighted by Gasteiger charge is 2.12. The van der Waals surface area contributed by atoms with Crippen molar-refractivity contribution in [3.8, 4) is 11.1 Å². The third-order valence-electron chi connectivity index (χ3n) is 3.35. The quantitative estimate of drug-likeness (QED) is 0.783. The Bertz CT molecular complexity index is 730. The molecule has 1 aromatic carbocycles. The Labute approximate surface area is 127 Å². The molecule has 0 unspecified atom stereocenters. The molecule has 0 aliphatic heterocycles. The third kappa shape index (κ3) is 3.06. The molecule has 3 rings (SSSR count). The molecule has 2 aromatic heterocycles. The van der Waals surface area contributed by atoms with Crippen molar-refractivity contribution in [2.75, 3.05) is 0 Å². The lowest BCUT2D eigenvalue weighted by atomic mass is 10.1. The van der Waals surface area contributed by atoms with Crippen molar-refractivity contribution in [2.24, 2.45) is 7.05 Å². The molecule has 0 spiro atoms. The summed E-state index contributed by atoms with van der Waals surface area (Å²) in [5.74, 6) is -0.0481. The molecule has 3 nitrogen and oxygen atoms in total. The minimum Gasteiger partial charge on any atom is -0.346 e. The molecule has 0 aliphatic rings. The second-order valence-electron chi connectivity index (χ2n) is 4.85. The minimum atomic E-state index is -0.0481. The molecular formula is C17H16N2OS. The minimum absolute atomic E-state index is 0.0481. The van der Waals surface area contributed by atoms with Gasteiger partial charge >= 0.3 is 0 Å². The van der Waals surface area contributed by atoms with E-state index >= 15 is 0 Å². The van der Waals surface area contributed by atoms with E-state index < -0.39 is 0 Å². The van der Waals surface area contributed by atoms with Gasteiger partial charge in [-0.05, 0) is 23.1 Å². The highest BCUT2D eigenvalue weighted by atomic mass is 32.1. The van der Waals surface area contributed by atoms with Crippen molar-refractivity contribution in [1.29, 1.82) is 0 Å². The van der Waals surface area contributed by atoms with E-state index in [1.165, 1.54) is 0 Å². The normalized spacial score (nSPS) is 10.5. The zero-order valence-electron chi connectivity index (χ0n) is 11.7. The molecule has 0 saturated carbocycles. The Morgan fingerprint density at radius 1 is 1.14 bits per heavy atom. The molecule has 0 fully saturated rings. The Morgan fingerprint density at radius 3 is 2.67 bits per heavy atom. The number of aryl methyl sites for hydroxylation is 1. The first-order chi connectivity index (χ1) is 10.2. The summed E-state index contributed by atoms with van der Waals surface area (Å²) in [6, 6.07) is 16.0. The zero-order chi connectivity index (χ0) is 14.7. The average molecular weight is 296 g/mol. The van der Waals surface area contributed by atoms with E-state index in [4.69, 9.17) is 0 Å². The van der Waals surface area contributed by atoms with Crippen molar-refractivity contribution in [2.45, 2.75) is 6.54 Å². The average Bonchev–Trinajstić information content (AvgIpc) is 3.15. The van der Waals surface area contributed by atoms with E-state index in [0.717, 1.165) is 16.0 Å². The largest absolute Gasteiger partial charge is 0.346 e. The number of nitrogens with zero attached hydrogens (tertiary/aromatic N) is 1. The number of carbonyl (C=O) groups is 1. The van der Waals surface area contributed by atoms with Gasteiger partial charge in [0.15, 0.2) is 0 Å². The molecule has 21 heavy (non-hydrogen) atoms. The molecule has 4 heteroatoms. The fourth-order valence-corrected chi connectivity index (χ4v) is 2.89. The van der Waals surface area contributed by atoms with Gasteiger partial charge in [-0.1, -0.05) is 36.4 Å². The van der Waals surface area contributed by atoms with Crippen LogP contribution in [0.25, 0.3) is 11.1 Å². The molecule has 0 aliphatic carbocycles. The predicted octanol–water partition coefficient (Wildman–Crippen LogP) is 3.68. The third-order valence-corrected chi connectivity index (χ3v) is 4.22. The summed E-state index contributed by atoms with van der Waals surface area (Å²) in [4.78, 5) is 13.4. The van der Waals surface area contributed by atoms with Crippen LogP contribution < -0.4 is 5.32 Å². The number of amides is 1. The first kappa shape index (κ1) is 13.6. The molecule has 3 aromatic rings. The molecule has 0 radical (unpaired) electrons. The second kappa shape index (κ2) is 5.97. The summed E-state index contributed by atoms with van der Waals surface area (Å²) in [6.45, 7) is 0.572. The summed E-state index contributed by atoms with van der Waals surface area (Å²) in [6.07, 6.45) is 1.98. The highest BCUT2D eigenvalue weighted by Crippen LogP contribution is 2.21. The van der Waals surface area contributed by atoms with E-state index in [1.807, 2.05) is 71.7 Å². The van der Waals surface area contributed by atoms with Crippen molar-refractivity contribution in [3.63, 3.8) is 0 Å². The Balaban J connectivity index is 1.76. The predicted molar refractivity (Wildman–Crippen MR) is 86.3 cm³/mol. The van der Waals surface area contributed by atoms with Gasteiger partial charge < -0.3 is 9.88 Å².